The summed E-state index contributed by atoms with van der Waals surface area (Å²) in [6.07, 6.45) is 1.42. The van der Waals surface area contributed by atoms with Crippen LogP contribution in [0.5, 0.6) is 5.75 Å². The predicted molar refractivity (Wildman–Crippen MR) is 121 cm³/mol. The van der Waals surface area contributed by atoms with E-state index in [0.717, 1.165) is 19.5 Å². The van der Waals surface area contributed by atoms with Gasteiger partial charge >= 0.3 is 6.61 Å². The van der Waals surface area contributed by atoms with E-state index in [1.807, 2.05) is 17.9 Å². The first-order chi connectivity index (χ1) is 14.0. The van der Waals surface area contributed by atoms with Crippen molar-refractivity contribution in [2.24, 2.45) is 4.99 Å². The second-order valence-corrected chi connectivity index (χ2v) is 6.67. The highest BCUT2D eigenvalue weighted by atomic mass is 127. The standard InChI is InChI=1S/C19H26F2N6O2.HI/c1-3-22-19(23-10-8-17-24-13(2)26-29-17)25-14-9-11-27(12-14)15-6-4-5-7-16(15)28-18(20)21;/h4-7,14,18H,3,8-12H2,1-2H3,(H2,22,23,25);1H. The number of ether oxygens (including phenoxy) is 1. The van der Waals surface area contributed by atoms with E-state index in [2.05, 4.69) is 30.5 Å². The van der Waals surface area contributed by atoms with Crippen molar-refractivity contribution in [3.05, 3.63) is 36.0 Å². The molecule has 0 radical (unpaired) electrons. The third-order valence-corrected chi connectivity index (χ3v) is 4.46. The van der Waals surface area contributed by atoms with Crippen LogP contribution in [0, 0.1) is 6.92 Å². The summed E-state index contributed by atoms with van der Waals surface area (Å²) in [6.45, 7) is 3.57. The molecule has 1 saturated heterocycles. The maximum atomic E-state index is 12.7. The van der Waals surface area contributed by atoms with Gasteiger partial charge in [0.15, 0.2) is 11.8 Å². The third kappa shape index (κ3) is 6.96. The quantitative estimate of drug-likeness (QED) is 0.305. The number of alkyl halides is 2. The summed E-state index contributed by atoms with van der Waals surface area (Å²) in [4.78, 5) is 10.8. The van der Waals surface area contributed by atoms with E-state index in [4.69, 9.17) is 4.52 Å². The fourth-order valence-corrected chi connectivity index (χ4v) is 3.23. The number of benzene rings is 1. The third-order valence-electron chi connectivity index (χ3n) is 4.46. The van der Waals surface area contributed by atoms with Crippen LogP contribution in [0.25, 0.3) is 0 Å². The predicted octanol–water partition coefficient (Wildman–Crippen LogP) is 2.97. The summed E-state index contributed by atoms with van der Waals surface area (Å²) in [7, 11) is 0. The number of halogens is 3. The maximum absolute atomic E-state index is 12.7. The minimum Gasteiger partial charge on any atom is -0.433 e. The molecule has 3 rings (SSSR count). The Kier molecular flexibility index (Phi) is 9.53. The molecule has 0 spiro atoms. The number of aliphatic imine (C=N–C) groups is 1. The van der Waals surface area contributed by atoms with E-state index < -0.39 is 6.61 Å². The molecule has 1 aliphatic rings. The average molecular weight is 536 g/mol. The number of hydrogen-bond donors (Lipinski definition) is 2. The van der Waals surface area contributed by atoms with Crippen LogP contribution in [0.1, 0.15) is 25.1 Å². The van der Waals surface area contributed by atoms with Crippen molar-refractivity contribution in [1.29, 1.82) is 0 Å². The van der Waals surface area contributed by atoms with Gasteiger partial charge in [0.05, 0.1) is 12.2 Å². The number of rotatable bonds is 8. The van der Waals surface area contributed by atoms with Gasteiger partial charge in [0.25, 0.3) is 0 Å². The first-order valence-corrected chi connectivity index (χ1v) is 9.68. The monoisotopic (exact) mass is 536 g/mol. The molecule has 0 aliphatic carbocycles. The summed E-state index contributed by atoms with van der Waals surface area (Å²) < 4.78 is 35.1. The molecule has 2 heterocycles. The van der Waals surface area contributed by atoms with Crippen molar-refractivity contribution in [2.75, 3.05) is 31.1 Å². The topological polar surface area (TPSA) is 87.8 Å². The van der Waals surface area contributed by atoms with Gasteiger partial charge in [-0.05, 0) is 32.4 Å². The molecule has 1 aromatic carbocycles. The van der Waals surface area contributed by atoms with Crippen molar-refractivity contribution in [2.45, 2.75) is 39.3 Å². The van der Waals surface area contributed by atoms with E-state index in [9.17, 15) is 8.78 Å². The van der Waals surface area contributed by atoms with E-state index in [1.54, 1.807) is 25.1 Å². The molecule has 0 saturated carbocycles. The molecule has 11 heteroatoms. The number of nitrogens with zero attached hydrogens (tertiary/aromatic N) is 4. The molecule has 1 unspecified atom stereocenters. The SMILES string of the molecule is CCNC(=NCCc1nc(C)no1)NC1CCN(c2ccccc2OC(F)F)C1.I. The van der Waals surface area contributed by atoms with Crippen molar-refractivity contribution in [3.63, 3.8) is 0 Å². The van der Waals surface area contributed by atoms with E-state index in [-0.39, 0.29) is 35.8 Å². The van der Waals surface area contributed by atoms with Crippen LogP contribution >= 0.6 is 24.0 Å². The minimum atomic E-state index is -2.84. The molecule has 8 nitrogen and oxygen atoms in total. The van der Waals surface area contributed by atoms with Crippen LogP contribution in [0.3, 0.4) is 0 Å². The van der Waals surface area contributed by atoms with Gasteiger partial charge in [0, 0.05) is 32.1 Å². The first-order valence-electron chi connectivity index (χ1n) is 9.68. The van der Waals surface area contributed by atoms with Crippen molar-refractivity contribution < 1.29 is 18.0 Å². The van der Waals surface area contributed by atoms with Crippen molar-refractivity contribution >= 4 is 35.6 Å². The summed E-state index contributed by atoms with van der Waals surface area (Å²) in [5.74, 6) is 2.06. The summed E-state index contributed by atoms with van der Waals surface area (Å²) in [5.41, 5.74) is 0.672. The maximum Gasteiger partial charge on any atom is 0.387 e. The molecule has 1 fully saturated rings. The second-order valence-electron chi connectivity index (χ2n) is 6.67. The lowest BCUT2D eigenvalue weighted by molar-refractivity contribution is -0.0495. The van der Waals surface area contributed by atoms with Gasteiger partial charge in [-0.15, -0.1) is 24.0 Å². The molecular formula is C19H27F2IN6O2. The Hall–Kier alpha value is -2.18. The van der Waals surface area contributed by atoms with Crippen LogP contribution in [0.15, 0.2) is 33.8 Å². The van der Waals surface area contributed by atoms with Crippen LogP contribution < -0.4 is 20.3 Å². The smallest absolute Gasteiger partial charge is 0.387 e. The first kappa shape index (κ1) is 24.1. The van der Waals surface area contributed by atoms with Crippen LogP contribution in [-0.2, 0) is 6.42 Å². The normalized spacial score (nSPS) is 16.5. The molecule has 2 N–H and O–H groups in total. The van der Waals surface area contributed by atoms with Gasteiger partial charge in [-0.3, -0.25) is 4.99 Å². The van der Waals surface area contributed by atoms with E-state index in [1.165, 1.54) is 0 Å². The largest absolute Gasteiger partial charge is 0.433 e. The van der Waals surface area contributed by atoms with Crippen molar-refractivity contribution in [3.8, 4) is 5.75 Å². The number of nitrogens with one attached hydrogen (secondary N) is 2. The highest BCUT2D eigenvalue weighted by Gasteiger charge is 2.26. The summed E-state index contributed by atoms with van der Waals surface area (Å²) in [6, 6.07) is 7.00. The molecule has 1 aliphatic heterocycles. The minimum absolute atomic E-state index is 0. The zero-order valence-electron chi connectivity index (χ0n) is 17.0. The molecule has 0 amide bonds. The van der Waals surface area contributed by atoms with Crippen LogP contribution in [-0.4, -0.2) is 54.9 Å². The highest BCUT2D eigenvalue weighted by molar-refractivity contribution is 14.0. The van der Waals surface area contributed by atoms with Gasteiger partial charge in [-0.2, -0.15) is 13.8 Å². The Bertz CT molecular complexity index is 820. The van der Waals surface area contributed by atoms with Gasteiger partial charge < -0.3 is 24.8 Å². The number of guanidine groups is 1. The zero-order chi connectivity index (χ0) is 20.6. The molecule has 2 aromatic rings. The van der Waals surface area contributed by atoms with E-state index in [0.29, 0.717) is 42.9 Å². The lowest BCUT2D eigenvalue weighted by atomic mass is 10.2. The molecule has 1 aromatic heterocycles. The number of para-hydroxylation sites is 2. The lowest BCUT2D eigenvalue weighted by Crippen LogP contribution is -2.44. The van der Waals surface area contributed by atoms with Crippen molar-refractivity contribution in [1.82, 2.24) is 20.8 Å². The molecule has 30 heavy (non-hydrogen) atoms. The van der Waals surface area contributed by atoms with Gasteiger partial charge in [0.1, 0.15) is 5.75 Å². The van der Waals surface area contributed by atoms with E-state index >= 15 is 0 Å². The Morgan fingerprint density at radius 1 is 1.40 bits per heavy atom. The highest BCUT2D eigenvalue weighted by Crippen LogP contribution is 2.31. The summed E-state index contributed by atoms with van der Waals surface area (Å²) >= 11 is 0. The molecule has 166 valence electrons. The Morgan fingerprint density at radius 2 is 2.20 bits per heavy atom. The molecule has 0 bridgehead atoms. The van der Waals surface area contributed by atoms with Crippen LogP contribution in [0.2, 0.25) is 0 Å². The van der Waals surface area contributed by atoms with Gasteiger partial charge in [-0.25, -0.2) is 0 Å². The lowest BCUT2D eigenvalue weighted by Gasteiger charge is -2.22. The number of anilines is 1. The number of aromatic nitrogens is 2. The number of aryl methyl sites for hydroxylation is 1. The number of hydrogen-bond acceptors (Lipinski definition) is 6. The molecular weight excluding hydrogens is 509 g/mol. The average Bonchev–Trinajstić information content (AvgIpc) is 3.31. The Balaban J connectivity index is 0.00000320. The van der Waals surface area contributed by atoms with Gasteiger partial charge in [0.2, 0.25) is 5.89 Å². The zero-order valence-corrected chi connectivity index (χ0v) is 19.3. The fraction of sp³-hybridized carbons (Fsp3) is 0.526. The van der Waals surface area contributed by atoms with Gasteiger partial charge in [-0.1, -0.05) is 17.3 Å². The Labute approximate surface area is 191 Å². The van der Waals surface area contributed by atoms with Crippen LogP contribution in [0.4, 0.5) is 14.5 Å². The Morgan fingerprint density at radius 3 is 2.90 bits per heavy atom. The summed E-state index contributed by atoms with van der Waals surface area (Å²) in [5, 5.41) is 10.4. The molecule has 1 atom stereocenters. The fourth-order valence-electron chi connectivity index (χ4n) is 3.23. The second kappa shape index (κ2) is 11.9.